The maximum Gasteiger partial charge on any atom is 0.387 e. The molecular weight excluding hydrogens is 486 g/mol. The smallest absolute Gasteiger partial charge is 0.387 e. The molecule has 4 aromatic rings. The number of nitrogens with one attached hydrogen (secondary N) is 1. The van der Waals surface area contributed by atoms with E-state index in [9.17, 15) is 8.78 Å². The summed E-state index contributed by atoms with van der Waals surface area (Å²) in [5.74, 6) is 2.15. The largest absolute Gasteiger partial charge is 0.485 e. The second-order valence-electron chi connectivity index (χ2n) is 8.49. The van der Waals surface area contributed by atoms with E-state index in [-0.39, 0.29) is 5.75 Å². The number of halogens is 2. The van der Waals surface area contributed by atoms with Gasteiger partial charge in [0.05, 0.1) is 7.05 Å². The SMILES string of the molecule is C[NH+](Cc1ccc(OC(F)F)cc1)Cn1nc([C@H]2COc3ccccc3O2)n(-c2ccccc2)c1=S. The lowest BCUT2D eigenvalue weighted by Crippen LogP contribution is -3.07. The highest BCUT2D eigenvalue weighted by molar-refractivity contribution is 7.71. The Morgan fingerprint density at radius 3 is 2.44 bits per heavy atom. The second kappa shape index (κ2) is 10.5. The van der Waals surface area contributed by atoms with Crippen molar-refractivity contribution in [3.8, 4) is 22.9 Å². The van der Waals surface area contributed by atoms with Crippen molar-refractivity contribution in [2.45, 2.75) is 25.9 Å². The fourth-order valence-electron chi connectivity index (χ4n) is 4.15. The molecule has 0 bridgehead atoms. The molecule has 0 spiro atoms. The number of nitrogens with zero attached hydrogens (tertiary/aromatic N) is 3. The van der Waals surface area contributed by atoms with Crippen molar-refractivity contribution in [2.24, 2.45) is 0 Å². The number of benzene rings is 3. The highest BCUT2D eigenvalue weighted by Crippen LogP contribution is 2.36. The molecule has 5 rings (SSSR count). The second-order valence-corrected chi connectivity index (χ2v) is 8.86. The molecule has 10 heteroatoms. The van der Waals surface area contributed by atoms with Crippen LogP contribution in [-0.2, 0) is 13.2 Å². The summed E-state index contributed by atoms with van der Waals surface area (Å²) in [5, 5.41) is 4.86. The summed E-state index contributed by atoms with van der Waals surface area (Å²) < 4.78 is 45.7. The minimum Gasteiger partial charge on any atom is -0.485 e. The van der Waals surface area contributed by atoms with Gasteiger partial charge in [-0.3, -0.25) is 4.57 Å². The van der Waals surface area contributed by atoms with Gasteiger partial charge < -0.3 is 19.1 Å². The average molecular weight is 512 g/mol. The molecule has 0 saturated carbocycles. The van der Waals surface area contributed by atoms with Gasteiger partial charge in [0, 0.05) is 11.3 Å². The van der Waals surface area contributed by atoms with E-state index in [4.69, 9.17) is 26.8 Å². The summed E-state index contributed by atoms with van der Waals surface area (Å²) in [7, 11) is 2.02. The van der Waals surface area contributed by atoms with Crippen LogP contribution in [0.25, 0.3) is 5.69 Å². The van der Waals surface area contributed by atoms with Crippen molar-refractivity contribution in [1.29, 1.82) is 0 Å². The van der Waals surface area contributed by atoms with Gasteiger partial charge in [-0.25, -0.2) is 0 Å². The first kappa shape index (κ1) is 24.0. The fraction of sp³-hybridized carbons (Fsp3) is 0.231. The number of alkyl halides is 2. The molecule has 1 unspecified atom stereocenters. The minimum atomic E-state index is -2.84. The Morgan fingerprint density at radius 2 is 1.72 bits per heavy atom. The van der Waals surface area contributed by atoms with Gasteiger partial charge in [-0.15, -0.1) is 5.10 Å². The average Bonchev–Trinajstić information content (AvgIpc) is 3.20. The van der Waals surface area contributed by atoms with Crippen molar-refractivity contribution in [1.82, 2.24) is 14.3 Å². The molecule has 2 heterocycles. The van der Waals surface area contributed by atoms with Gasteiger partial charge in [-0.05, 0) is 60.7 Å². The molecule has 0 saturated heterocycles. The molecule has 0 fully saturated rings. The molecule has 1 aliphatic rings. The Kier molecular flexibility index (Phi) is 6.97. The number of ether oxygens (including phenoxy) is 3. The van der Waals surface area contributed by atoms with Crippen molar-refractivity contribution >= 4 is 12.2 Å². The molecule has 36 heavy (non-hydrogen) atoms. The van der Waals surface area contributed by atoms with Crippen molar-refractivity contribution in [3.63, 3.8) is 0 Å². The first-order chi connectivity index (χ1) is 17.5. The lowest BCUT2D eigenvalue weighted by Gasteiger charge is -2.26. The van der Waals surface area contributed by atoms with Gasteiger partial charge in [0.2, 0.25) is 4.77 Å². The van der Waals surface area contributed by atoms with Gasteiger partial charge in [0.25, 0.3) is 0 Å². The standard InChI is InChI=1S/C26H24F2N4O3S/c1-30(15-18-11-13-20(14-12-18)34-25(27)28)17-31-26(36)32(19-7-3-2-4-8-19)24(29-31)23-16-33-21-9-5-6-10-22(21)35-23/h2-14,23,25H,15-17H2,1H3/p+1/t23-/m1/s1. The third-order valence-corrected chi connectivity index (χ3v) is 6.14. The third kappa shape index (κ3) is 5.24. The molecule has 1 N–H and O–H groups in total. The molecule has 1 aliphatic heterocycles. The first-order valence-corrected chi connectivity index (χ1v) is 11.9. The molecule has 2 atom stereocenters. The quantitative estimate of drug-likeness (QED) is 0.360. The Morgan fingerprint density at radius 1 is 1.03 bits per heavy atom. The van der Waals surface area contributed by atoms with Gasteiger partial charge in [-0.1, -0.05) is 30.3 Å². The van der Waals surface area contributed by atoms with Gasteiger partial charge >= 0.3 is 6.61 Å². The summed E-state index contributed by atoms with van der Waals surface area (Å²) in [6, 6.07) is 24.0. The summed E-state index contributed by atoms with van der Waals surface area (Å²) >= 11 is 5.85. The number of hydrogen-bond acceptors (Lipinski definition) is 5. The molecule has 7 nitrogen and oxygen atoms in total. The van der Waals surface area contributed by atoms with Crippen LogP contribution in [0.3, 0.4) is 0 Å². The normalized spacial score (nSPS) is 15.6. The van der Waals surface area contributed by atoms with E-state index in [0.717, 1.165) is 16.2 Å². The summed E-state index contributed by atoms with van der Waals surface area (Å²) in [5.41, 5.74) is 1.86. The van der Waals surface area contributed by atoms with Gasteiger partial charge in [0.15, 0.2) is 30.1 Å². The van der Waals surface area contributed by atoms with Crippen LogP contribution in [0, 0.1) is 4.77 Å². The molecule has 186 valence electrons. The van der Waals surface area contributed by atoms with Crippen LogP contribution < -0.4 is 19.1 Å². The lowest BCUT2D eigenvalue weighted by atomic mass is 10.2. The number of fused-ring (bicyclic) bond motifs is 1. The minimum absolute atomic E-state index is 0.135. The summed E-state index contributed by atoms with van der Waals surface area (Å²) in [6.45, 7) is -1.40. The van der Waals surface area contributed by atoms with Gasteiger partial charge in [0.1, 0.15) is 18.9 Å². The lowest BCUT2D eigenvalue weighted by molar-refractivity contribution is -0.917. The maximum absolute atomic E-state index is 12.4. The van der Waals surface area contributed by atoms with E-state index < -0.39 is 12.7 Å². The molecule has 0 radical (unpaired) electrons. The number of quaternary nitrogens is 1. The molecule has 1 aromatic heterocycles. The Bertz CT molecular complexity index is 1380. The van der Waals surface area contributed by atoms with Crippen molar-refractivity contribution < 1.29 is 27.9 Å². The van der Waals surface area contributed by atoms with E-state index in [2.05, 4.69) is 4.74 Å². The zero-order valence-corrected chi connectivity index (χ0v) is 20.3. The number of rotatable bonds is 8. The Labute approximate surface area is 212 Å². The molecule has 3 aromatic carbocycles. The maximum atomic E-state index is 12.4. The third-order valence-electron chi connectivity index (χ3n) is 5.75. The Balaban J connectivity index is 1.39. The number of aromatic nitrogens is 3. The van der Waals surface area contributed by atoms with Crippen LogP contribution in [0.1, 0.15) is 17.5 Å². The van der Waals surface area contributed by atoms with Crippen LogP contribution >= 0.6 is 12.2 Å². The van der Waals surface area contributed by atoms with E-state index in [1.165, 1.54) is 0 Å². The van der Waals surface area contributed by atoms with Crippen molar-refractivity contribution in [3.05, 3.63) is 95.0 Å². The van der Waals surface area contributed by atoms with Crippen LogP contribution in [-0.4, -0.2) is 34.6 Å². The van der Waals surface area contributed by atoms with E-state index in [0.29, 0.717) is 41.9 Å². The highest BCUT2D eigenvalue weighted by atomic mass is 32.1. The predicted molar refractivity (Wildman–Crippen MR) is 131 cm³/mol. The first-order valence-electron chi connectivity index (χ1n) is 11.5. The monoisotopic (exact) mass is 511 g/mol. The summed E-state index contributed by atoms with van der Waals surface area (Å²) in [4.78, 5) is 1.10. The van der Waals surface area contributed by atoms with E-state index >= 15 is 0 Å². The van der Waals surface area contributed by atoms with Crippen LogP contribution in [0.4, 0.5) is 8.78 Å². The Hall–Kier alpha value is -3.76. The summed E-state index contributed by atoms with van der Waals surface area (Å²) in [6.07, 6.45) is -0.439. The fourth-order valence-corrected chi connectivity index (χ4v) is 4.46. The molecule has 0 amide bonds. The zero-order chi connectivity index (χ0) is 25.1. The van der Waals surface area contributed by atoms with E-state index in [1.807, 2.05) is 66.2 Å². The van der Waals surface area contributed by atoms with E-state index in [1.54, 1.807) is 28.9 Å². The number of para-hydroxylation sites is 3. The van der Waals surface area contributed by atoms with Crippen molar-refractivity contribution in [2.75, 3.05) is 13.7 Å². The number of hydrogen-bond donors (Lipinski definition) is 1. The molecule has 0 aliphatic carbocycles. The van der Waals surface area contributed by atoms with Crippen LogP contribution in [0.15, 0.2) is 78.9 Å². The predicted octanol–water partition coefficient (Wildman–Crippen LogP) is 4.19. The van der Waals surface area contributed by atoms with Crippen LogP contribution in [0.5, 0.6) is 17.2 Å². The highest BCUT2D eigenvalue weighted by Gasteiger charge is 2.29. The van der Waals surface area contributed by atoms with Gasteiger partial charge in [-0.2, -0.15) is 13.5 Å². The zero-order valence-electron chi connectivity index (χ0n) is 19.5. The topological polar surface area (TPSA) is 54.9 Å². The molecular formula is C26H25F2N4O3S+. The van der Waals surface area contributed by atoms with Crippen LogP contribution in [0.2, 0.25) is 0 Å².